The normalized spacial score (nSPS) is 17.7. The molecule has 2 aliphatic heterocycles. The number of nitrogens with zero attached hydrogens (tertiary/aromatic N) is 4. The Labute approximate surface area is 167 Å². The van der Waals surface area contributed by atoms with Crippen molar-refractivity contribution in [2.45, 2.75) is 44.9 Å². The molecule has 0 aliphatic carbocycles. The van der Waals surface area contributed by atoms with Crippen molar-refractivity contribution in [3.8, 4) is 0 Å². The fourth-order valence-corrected chi connectivity index (χ4v) is 3.81. The first-order valence-electron chi connectivity index (χ1n) is 10.2. The largest absolute Gasteiger partial charge is 0.385 e. The molecule has 0 atom stereocenters. The summed E-state index contributed by atoms with van der Waals surface area (Å²) in [6.07, 6.45) is 8.43. The van der Waals surface area contributed by atoms with E-state index in [1.54, 1.807) is 7.11 Å². The Bertz CT molecular complexity index is 600. The molecule has 1 aromatic rings. The summed E-state index contributed by atoms with van der Waals surface area (Å²) in [7, 11) is 1.71. The van der Waals surface area contributed by atoms with Gasteiger partial charge in [-0.05, 0) is 44.3 Å². The van der Waals surface area contributed by atoms with Crippen LogP contribution in [0.15, 0.2) is 6.07 Å². The van der Waals surface area contributed by atoms with Gasteiger partial charge in [-0.3, -0.25) is 0 Å². The van der Waals surface area contributed by atoms with E-state index >= 15 is 0 Å². The van der Waals surface area contributed by atoms with Crippen molar-refractivity contribution in [3.05, 3.63) is 6.07 Å². The van der Waals surface area contributed by atoms with Crippen LogP contribution in [0.3, 0.4) is 0 Å². The standard InChI is InChI=1S/C19H32N6OS/c1-26-14-8-9-20-19(27)23-18-21-16(24-10-4-2-3-5-11-24)15-17(22-18)25-12-6-7-13-25/h15H,2-14H2,1H3,(H2,20,21,22,23,27). The van der Waals surface area contributed by atoms with Gasteiger partial charge in [-0.2, -0.15) is 9.97 Å². The molecular weight excluding hydrogens is 360 g/mol. The molecule has 2 aliphatic rings. The lowest BCUT2D eigenvalue weighted by atomic mass is 10.2. The molecule has 0 aromatic carbocycles. The van der Waals surface area contributed by atoms with Crippen molar-refractivity contribution in [1.29, 1.82) is 0 Å². The predicted molar refractivity (Wildman–Crippen MR) is 115 cm³/mol. The second-order valence-electron chi connectivity index (χ2n) is 7.23. The minimum absolute atomic E-state index is 0.562. The summed E-state index contributed by atoms with van der Waals surface area (Å²) in [4.78, 5) is 14.3. The van der Waals surface area contributed by atoms with E-state index in [-0.39, 0.29) is 0 Å². The van der Waals surface area contributed by atoms with E-state index in [0.717, 1.165) is 57.4 Å². The highest BCUT2D eigenvalue weighted by Gasteiger charge is 2.19. The minimum Gasteiger partial charge on any atom is -0.385 e. The van der Waals surface area contributed by atoms with E-state index in [4.69, 9.17) is 26.9 Å². The average molecular weight is 393 g/mol. The van der Waals surface area contributed by atoms with Crippen LogP contribution in [0.5, 0.6) is 0 Å². The highest BCUT2D eigenvalue weighted by molar-refractivity contribution is 7.80. The number of thiocarbonyl (C=S) groups is 1. The van der Waals surface area contributed by atoms with Gasteiger partial charge in [0.1, 0.15) is 11.6 Å². The third kappa shape index (κ3) is 6.17. The Kier molecular flexibility index (Phi) is 7.89. The number of hydrogen-bond acceptors (Lipinski definition) is 6. The van der Waals surface area contributed by atoms with Gasteiger partial charge in [0.05, 0.1) is 0 Å². The maximum Gasteiger partial charge on any atom is 0.232 e. The molecule has 7 nitrogen and oxygen atoms in total. The van der Waals surface area contributed by atoms with E-state index in [9.17, 15) is 0 Å². The topological polar surface area (TPSA) is 65.6 Å². The predicted octanol–water partition coefficient (Wildman–Crippen LogP) is 2.78. The molecule has 2 N–H and O–H groups in total. The van der Waals surface area contributed by atoms with E-state index in [1.165, 1.54) is 38.5 Å². The lowest BCUT2D eigenvalue weighted by Crippen LogP contribution is -2.32. The molecule has 3 rings (SSSR count). The van der Waals surface area contributed by atoms with Crippen LogP contribution in [0.25, 0.3) is 0 Å². The molecule has 8 heteroatoms. The van der Waals surface area contributed by atoms with Crippen LogP contribution < -0.4 is 20.4 Å². The second-order valence-corrected chi connectivity index (χ2v) is 7.64. The molecule has 0 radical (unpaired) electrons. The maximum atomic E-state index is 5.41. The fraction of sp³-hybridized carbons (Fsp3) is 0.737. The van der Waals surface area contributed by atoms with Crippen molar-refractivity contribution in [3.63, 3.8) is 0 Å². The summed E-state index contributed by atoms with van der Waals surface area (Å²) in [6.45, 7) is 5.75. The zero-order chi connectivity index (χ0) is 18.9. The molecule has 150 valence electrons. The highest BCUT2D eigenvalue weighted by Crippen LogP contribution is 2.26. The van der Waals surface area contributed by atoms with Gasteiger partial charge >= 0.3 is 0 Å². The number of hydrogen-bond donors (Lipinski definition) is 2. The average Bonchev–Trinajstić information content (AvgIpc) is 3.07. The van der Waals surface area contributed by atoms with Gasteiger partial charge in [-0.1, -0.05) is 12.8 Å². The van der Waals surface area contributed by atoms with Gasteiger partial charge in [0.25, 0.3) is 0 Å². The Hall–Kier alpha value is -1.67. The molecule has 2 saturated heterocycles. The summed E-state index contributed by atoms with van der Waals surface area (Å²) in [5.74, 6) is 2.60. The van der Waals surface area contributed by atoms with Gasteiger partial charge in [0.15, 0.2) is 5.11 Å². The number of nitrogens with one attached hydrogen (secondary N) is 2. The van der Waals surface area contributed by atoms with Crippen molar-refractivity contribution in [2.75, 3.05) is 61.6 Å². The fourth-order valence-electron chi connectivity index (χ4n) is 3.61. The molecule has 27 heavy (non-hydrogen) atoms. The Morgan fingerprint density at radius 3 is 2.11 bits per heavy atom. The number of anilines is 3. The number of methoxy groups -OCH3 is 1. The van der Waals surface area contributed by atoms with Crippen LogP contribution in [0, 0.1) is 0 Å². The first-order valence-corrected chi connectivity index (χ1v) is 10.6. The maximum absolute atomic E-state index is 5.41. The van der Waals surface area contributed by atoms with E-state index in [0.29, 0.717) is 11.1 Å². The number of aromatic nitrogens is 2. The molecule has 1 aromatic heterocycles. The van der Waals surface area contributed by atoms with Crippen LogP contribution >= 0.6 is 12.2 Å². The van der Waals surface area contributed by atoms with Crippen molar-refractivity contribution >= 4 is 34.9 Å². The zero-order valence-corrected chi connectivity index (χ0v) is 17.2. The summed E-state index contributed by atoms with van der Waals surface area (Å²) >= 11 is 5.41. The van der Waals surface area contributed by atoms with Gasteiger partial charge in [-0.25, -0.2) is 0 Å². The number of rotatable bonds is 7. The summed E-state index contributed by atoms with van der Waals surface area (Å²) in [5.41, 5.74) is 0. The Balaban J connectivity index is 1.71. The quantitative estimate of drug-likeness (QED) is 0.542. The lowest BCUT2D eigenvalue weighted by molar-refractivity contribution is 0.196. The van der Waals surface area contributed by atoms with Gasteiger partial charge in [0, 0.05) is 52.5 Å². The monoisotopic (exact) mass is 392 g/mol. The summed E-state index contributed by atoms with van der Waals surface area (Å²) in [5, 5.41) is 6.94. The molecule has 0 unspecified atom stereocenters. The Morgan fingerprint density at radius 1 is 1.00 bits per heavy atom. The molecule has 3 heterocycles. The zero-order valence-electron chi connectivity index (χ0n) is 16.4. The van der Waals surface area contributed by atoms with Crippen LogP contribution in [0.1, 0.15) is 44.9 Å². The van der Waals surface area contributed by atoms with E-state index in [1.807, 2.05) is 0 Å². The van der Waals surface area contributed by atoms with Crippen LogP contribution in [0.4, 0.5) is 17.6 Å². The third-order valence-corrected chi connectivity index (χ3v) is 5.34. The smallest absolute Gasteiger partial charge is 0.232 e. The SMILES string of the molecule is COCCCNC(=S)Nc1nc(N2CCCCCC2)cc(N2CCCC2)n1. The lowest BCUT2D eigenvalue weighted by Gasteiger charge is -2.25. The van der Waals surface area contributed by atoms with Gasteiger partial charge in [-0.15, -0.1) is 0 Å². The van der Waals surface area contributed by atoms with Crippen molar-refractivity contribution < 1.29 is 4.74 Å². The van der Waals surface area contributed by atoms with Crippen LogP contribution in [-0.2, 0) is 4.74 Å². The minimum atomic E-state index is 0.562. The second kappa shape index (κ2) is 10.6. The first-order chi connectivity index (χ1) is 13.3. The highest BCUT2D eigenvalue weighted by atomic mass is 32.1. The third-order valence-electron chi connectivity index (χ3n) is 5.10. The van der Waals surface area contributed by atoms with Crippen LogP contribution in [-0.4, -0.2) is 61.5 Å². The van der Waals surface area contributed by atoms with Crippen LogP contribution in [0.2, 0.25) is 0 Å². The number of ether oxygens (including phenoxy) is 1. The van der Waals surface area contributed by atoms with Crippen molar-refractivity contribution in [1.82, 2.24) is 15.3 Å². The summed E-state index contributed by atoms with van der Waals surface area (Å²) < 4.78 is 5.07. The molecule has 2 fully saturated rings. The molecule has 0 amide bonds. The van der Waals surface area contributed by atoms with Crippen molar-refractivity contribution in [2.24, 2.45) is 0 Å². The Morgan fingerprint density at radius 2 is 1.56 bits per heavy atom. The first kappa shape index (κ1) is 20.1. The van der Waals surface area contributed by atoms with Gasteiger partial charge < -0.3 is 25.2 Å². The molecule has 0 bridgehead atoms. The molecule has 0 spiro atoms. The van der Waals surface area contributed by atoms with E-state index in [2.05, 4.69) is 26.5 Å². The van der Waals surface area contributed by atoms with Gasteiger partial charge in [0.2, 0.25) is 5.95 Å². The molecular formula is C19H32N6OS. The summed E-state index contributed by atoms with van der Waals surface area (Å²) in [6, 6.07) is 2.15. The van der Waals surface area contributed by atoms with E-state index < -0.39 is 0 Å². The molecule has 0 saturated carbocycles.